The molecule has 2 atom stereocenters. The molecule has 6 nitrogen and oxygen atoms in total. The fourth-order valence-electron chi connectivity index (χ4n) is 3.92. The van der Waals surface area contributed by atoms with Crippen LogP contribution in [0.2, 0.25) is 0 Å². The van der Waals surface area contributed by atoms with Crippen LogP contribution in [0.3, 0.4) is 0 Å². The van der Waals surface area contributed by atoms with E-state index < -0.39 is 5.82 Å². The zero-order valence-electron chi connectivity index (χ0n) is 17.4. The molecule has 2 heterocycles. The molecule has 1 aliphatic rings. The van der Waals surface area contributed by atoms with Crippen molar-refractivity contribution in [3.8, 4) is 5.69 Å². The van der Waals surface area contributed by atoms with E-state index in [4.69, 9.17) is 0 Å². The molecule has 0 radical (unpaired) electrons. The van der Waals surface area contributed by atoms with Crippen LogP contribution in [-0.4, -0.2) is 28.8 Å². The minimum Gasteiger partial charge on any atom is -0.354 e. The number of hydrogen-bond donors (Lipinski definition) is 1. The highest BCUT2D eigenvalue weighted by molar-refractivity contribution is 5.80. The van der Waals surface area contributed by atoms with Gasteiger partial charge < -0.3 is 10.2 Å². The summed E-state index contributed by atoms with van der Waals surface area (Å²) in [6.45, 7) is 3.23. The summed E-state index contributed by atoms with van der Waals surface area (Å²) in [7, 11) is 0. The van der Waals surface area contributed by atoms with Crippen LogP contribution in [0.1, 0.15) is 31.4 Å². The van der Waals surface area contributed by atoms with Gasteiger partial charge in [-0.05, 0) is 49.6 Å². The smallest absolute Gasteiger partial charge is 0.271 e. The quantitative estimate of drug-likeness (QED) is 0.686. The lowest BCUT2D eigenvalue weighted by molar-refractivity contribution is -0.125. The second-order valence-electron chi connectivity index (χ2n) is 7.85. The van der Waals surface area contributed by atoms with Crippen LogP contribution >= 0.6 is 0 Å². The summed E-state index contributed by atoms with van der Waals surface area (Å²) >= 11 is 0. The molecule has 0 spiro atoms. The summed E-state index contributed by atoms with van der Waals surface area (Å²) in [6, 6.07) is 18.6. The van der Waals surface area contributed by atoms with Gasteiger partial charge in [0.25, 0.3) is 5.56 Å². The van der Waals surface area contributed by atoms with Gasteiger partial charge in [0.2, 0.25) is 5.91 Å². The summed E-state index contributed by atoms with van der Waals surface area (Å²) in [4.78, 5) is 27.2. The third kappa shape index (κ3) is 4.82. The number of nitrogens with one attached hydrogen (secondary N) is 1. The Balaban J connectivity index is 1.49. The SMILES string of the molecule is C[C@H](NC(=O)[C@H]1CCCN(c2ccc(=O)n(-c3cccc(F)c3)n2)C1)c1ccccc1. The van der Waals surface area contributed by atoms with E-state index in [1.54, 1.807) is 18.2 Å². The second-order valence-corrected chi connectivity index (χ2v) is 7.85. The predicted octanol–water partition coefficient (Wildman–Crippen LogP) is 3.47. The van der Waals surface area contributed by atoms with Gasteiger partial charge in [-0.15, -0.1) is 5.10 Å². The molecule has 1 saturated heterocycles. The van der Waals surface area contributed by atoms with E-state index in [9.17, 15) is 14.0 Å². The Bertz CT molecular complexity index is 1120. The van der Waals surface area contributed by atoms with Gasteiger partial charge in [-0.3, -0.25) is 9.59 Å². The lowest BCUT2D eigenvalue weighted by Gasteiger charge is -2.33. The van der Waals surface area contributed by atoms with Gasteiger partial charge in [0, 0.05) is 19.2 Å². The van der Waals surface area contributed by atoms with Crippen LogP contribution in [0.5, 0.6) is 0 Å². The number of amides is 1. The minimum absolute atomic E-state index is 0.0134. The Labute approximate surface area is 180 Å². The molecule has 1 aliphatic heterocycles. The number of carbonyl (C=O) groups excluding carboxylic acids is 1. The predicted molar refractivity (Wildman–Crippen MR) is 118 cm³/mol. The van der Waals surface area contributed by atoms with E-state index in [0.717, 1.165) is 24.9 Å². The fourth-order valence-corrected chi connectivity index (χ4v) is 3.92. The summed E-state index contributed by atoms with van der Waals surface area (Å²) < 4.78 is 14.8. The van der Waals surface area contributed by atoms with E-state index in [-0.39, 0.29) is 23.4 Å². The summed E-state index contributed by atoms with van der Waals surface area (Å²) in [5.74, 6) is 0.00656. The maximum atomic E-state index is 13.6. The molecule has 1 N–H and O–H groups in total. The van der Waals surface area contributed by atoms with Gasteiger partial charge in [-0.1, -0.05) is 36.4 Å². The lowest BCUT2D eigenvalue weighted by atomic mass is 9.96. The monoisotopic (exact) mass is 420 g/mol. The Morgan fingerprint density at radius 1 is 1.13 bits per heavy atom. The van der Waals surface area contributed by atoms with E-state index in [1.165, 1.54) is 22.9 Å². The number of carbonyl (C=O) groups is 1. The summed E-state index contributed by atoms with van der Waals surface area (Å²) in [6.07, 6.45) is 1.64. The molecule has 0 aliphatic carbocycles. The number of hydrogen-bond acceptors (Lipinski definition) is 4. The zero-order valence-corrected chi connectivity index (χ0v) is 17.4. The van der Waals surface area contributed by atoms with E-state index in [0.29, 0.717) is 18.1 Å². The van der Waals surface area contributed by atoms with E-state index >= 15 is 0 Å². The van der Waals surface area contributed by atoms with Gasteiger partial charge in [-0.25, -0.2) is 4.39 Å². The van der Waals surface area contributed by atoms with Gasteiger partial charge >= 0.3 is 0 Å². The first-order valence-electron chi connectivity index (χ1n) is 10.5. The molecule has 0 unspecified atom stereocenters. The average Bonchev–Trinajstić information content (AvgIpc) is 2.80. The van der Waals surface area contributed by atoms with Crippen molar-refractivity contribution >= 4 is 11.7 Å². The number of piperidine rings is 1. The van der Waals surface area contributed by atoms with Crippen LogP contribution in [0, 0.1) is 11.7 Å². The van der Waals surface area contributed by atoms with Crippen LogP contribution < -0.4 is 15.8 Å². The Kier molecular flexibility index (Phi) is 6.11. The van der Waals surface area contributed by atoms with Crippen molar-refractivity contribution in [2.75, 3.05) is 18.0 Å². The normalized spacial score (nSPS) is 17.2. The number of anilines is 1. The average molecular weight is 420 g/mol. The molecular weight excluding hydrogens is 395 g/mol. The molecule has 3 aromatic rings. The third-order valence-corrected chi connectivity index (χ3v) is 5.61. The van der Waals surface area contributed by atoms with Crippen molar-refractivity contribution in [1.82, 2.24) is 15.1 Å². The highest BCUT2D eigenvalue weighted by Gasteiger charge is 2.28. The number of halogens is 1. The summed E-state index contributed by atoms with van der Waals surface area (Å²) in [5.41, 5.74) is 1.10. The third-order valence-electron chi connectivity index (χ3n) is 5.61. The van der Waals surface area contributed by atoms with Crippen LogP contribution in [0.25, 0.3) is 5.69 Å². The maximum absolute atomic E-state index is 13.6. The first-order valence-corrected chi connectivity index (χ1v) is 10.5. The number of nitrogens with zero attached hydrogens (tertiary/aromatic N) is 3. The highest BCUT2D eigenvalue weighted by Crippen LogP contribution is 2.23. The number of rotatable bonds is 5. The van der Waals surface area contributed by atoms with Crippen molar-refractivity contribution in [2.24, 2.45) is 5.92 Å². The Hall–Kier alpha value is -3.48. The molecule has 1 fully saturated rings. The molecular formula is C24H25FN4O2. The number of aromatic nitrogens is 2. The van der Waals surface area contributed by atoms with Crippen molar-refractivity contribution in [1.29, 1.82) is 0 Å². The van der Waals surface area contributed by atoms with Crippen molar-refractivity contribution in [2.45, 2.75) is 25.8 Å². The highest BCUT2D eigenvalue weighted by atomic mass is 19.1. The Morgan fingerprint density at radius 3 is 2.71 bits per heavy atom. The molecule has 1 aromatic heterocycles. The molecule has 31 heavy (non-hydrogen) atoms. The largest absolute Gasteiger partial charge is 0.354 e. The van der Waals surface area contributed by atoms with Crippen molar-refractivity contribution in [3.05, 3.63) is 88.5 Å². The molecule has 0 saturated carbocycles. The minimum atomic E-state index is -0.432. The molecule has 7 heteroatoms. The molecule has 1 amide bonds. The summed E-state index contributed by atoms with van der Waals surface area (Å²) in [5, 5.41) is 7.55. The first-order chi connectivity index (χ1) is 15.0. The van der Waals surface area contributed by atoms with Gasteiger partial charge in [0.15, 0.2) is 0 Å². The van der Waals surface area contributed by atoms with Crippen molar-refractivity contribution < 1.29 is 9.18 Å². The van der Waals surface area contributed by atoms with Crippen LogP contribution in [-0.2, 0) is 4.79 Å². The van der Waals surface area contributed by atoms with Crippen LogP contribution in [0.15, 0.2) is 71.5 Å². The van der Waals surface area contributed by atoms with Gasteiger partial charge in [0.05, 0.1) is 17.6 Å². The maximum Gasteiger partial charge on any atom is 0.271 e. The molecule has 160 valence electrons. The Morgan fingerprint density at radius 2 is 1.94 bits per heavy atom. The lowest BCUT2D eigenvalue weighted by Crippen LogP contribution is -2.44. The molecule has 4 rings (SSSR count). The van der Waals surface area contributed by atoms with E-state index in [2.05, 4.69) is 10.4 Å². The molecule has 0 bridgehead atoms. The van der Waals surface area contributed by atoms with E-state index in [1.807, 2.05) is 42.2 Å². The standard InChI is InChI=1S/C24H25FN4O2/c1-17(18-7-3-2-4-8-18)26-24(31)19-9-6-14-28(16-19)22-12-13-23(30)29(27-22)21-11-5-10-20(25)15-21/h2-5,7-8,10-13,15,17,19H,6,9,14,16H2,1H3,(H,26,31)/t17-,19-/m0/s1. The van der Waals surface area contributed by atoms with Crippen molar-refractivity contribution in [3.63, 3.8) is 0 Å². The molecule has 2 aromatic carbocycles. The number of benzene rings is 2. The second kappa shape index (κ2) is 9.12. The van der Waals surface area contributed by atoms with Gasteiger partial charge in [-0.2, -0.15) is 4.68 Å². The zero-order chi connectivity index (χ0) is 21.8. The van der Waals surface area contributed by atoms with Gasteiger partial charge in [0.1, 0.15) is 11.6 Å². The first kappa shape index (κ1) is 20.8. The fraction of sp³-hybridized carbons (Fsp3) is 0.292. The topological polar surface area (TPSA) is 67.2 Å². The van der Waals surface area contributed by atoms with Crippen LogP contribution in [0.4, 0.5) is 10.2 Å².